The van der Waals surface area contributed by atoms with Gasteiger partial charge in [-0.2, -0.15) is 0 Å². The number of carbonyl (C=O) groups excluding carboxylic acids is 1. The fraction of sp³-hybridized carbons (Fsp3) is 0.353. The van der Waals surface area contributed by atoms with Gasteiger partial charge in [-0.05, 0) is 41.0 Å². The first-order valence-corrected chi connectivity index (χ1v) is 7.91. The van der Waals surface area contributed by atoms with Crippen LogP contribution in [0.15, 0.2) is 40.9 Å². The van der Waals surface area contributed by atoms with E-state index >= 15 is 0 Å². The Bertz CT molecular complexity index is 625. The van der Waals surface area contributed by atoms with Crippen molar-refractivity contribution in [3.8, 4) is 0 Å². The fourth-order valence-corrected chi connectivity index (χ4v) is 2.39. The van der Waals surface area contributed by atoms with Crippen molar-refractivity contribution in [1.29, 1.82) is 0 Å². The maximum absolute atomic E-state index is 12.1. The van der Waals surface area contributed by atoms with Crippen LogP contribution in [-0.4, -0.2) is 25.7 Å². The number of ether oxygens (including phenoxy) is 1. The van der Waals surface area contributed by atoms with Crippen LogP contribution in [0.25, 0.3) is 10.8 Å². The Morgan fingerprint density at radius 2 is 1.90 bits per heavy atom. The quantitative estimate of drug-likeness (QED) is 0.800. The van der Waals surface area contributed by atoms with Crippen molar-refractivity contribution in [1.82, 2.24) is 5.32 Å². The molecule has 0 fully saturated rings. The molecule has 2 aromatic rings. The lowest BCUT2D eigenvalue weighted by atomic mass is 10.1. The summed E-state index contributed by atoms with van der Waals surface area (Å²) in [5, 5.41) is 5.05. The average molecular weight is 350 g/mol. The molecule has 0 radical (unpaired) electrons. The third-order valence-electron chi connectivity index (χ3n) is 3.05. The van der Waals surface area contributed by atoms with Crippen molar-refractivity contribution in [3.63, 3.8) is 0 Å². The number of benzene rings is 2. The predicted molar refractivity (Wildman–Crippen MR) is 89.6 cm³/mol. The maximum Gasteiger partial charge on any atom is 0.251 e. The molecular formula is C17H20BrNO2. The minimum Gasteiger partial charge on any atom is -0.379 e. The normalized spacial score (nSPS) is 11.0. The third kappa shape index (κ3) is 4.83. The number of hydrogen-bond acceptors (Lipinski definition) is 2. The molecule has 0 saturated carbocycles. The Balaban J connectivity index is 1.92. The molecule has 0 unspecified atom stereocenters. The van der Waals surface area contributed by atoms with E-state index in [0.717, 1.165) is 21.9 Å². The van der Waals surface area contributed by atoms with Gasteiger partial charge in [0.05, 0.1) is 6.61 Å². The zero-order chi connectivity index (χ0) is 15.2. The van der Waals surface area contributed by atoms with Crippen molar-refractivity contribution >= 4 is 32.6 Å². The molecule has 0 aliphatic rings. The van der Waals surface area contributed by atoms with E-state index in [9.17, 15) is 4.79 Å². The predicted octanol–water partition coefficient (Wildman–Crippen LogP) is 4.00. The number of fused-ring (bicyclic) bond motifs is 1. The lowest BCUT2D eigenvalue weighted by Crippen LogP contribution is -2.27. The van der Waals surface area contributed by atoms with E-state index in [4.69, 9.17) is 4.74 Å². The summed E-state index contributed by atoms with van der Waals surface area (Å²) in [7, 11) is 0. The van der Waals surface area contributed by atoms with Crippen LogP contribution in [0.4, 0.5) is 0 Å². The van der Waals surface area contributed by atoms with Crippen LogP contribution in [0.1, 0.15) is 24.2 Å². The molecule has 0 atom stereocenters. The largest absolute Gasteiger partial charge is 0.379 e. The van der Waals surface area contributed by atoms with E-state index in [1.807, 2.05) is 36.4 Å². The fourth-order valence-electron chi connectivity index (χ4n) is 2.02. The van der Waals surface area contributed by atoms with Gasteiger partial charge in [-0.25, -0.2) is 0 Å². The van der Waals surface area contributed by atoms with Crippen molar-refractivity contribution in [3.05, 3.63) is 46.4 Å². The molecule has 21 heavy (non-hydrogen) atoms. The van der Waals surface area contributed by atoms with E-state index < -0.39 is 0 Å². The molecule has 0 aliphatic carbocycles. The van der Waals surface area contributed by atoms with E-state index in [2.05, 4.69) is 35.1 Å². The molecule has 2 aromatic carbocycles. The molecular weight excluding hydrogens is 330 g/mol. The van der Waals surface area contributed by atoms with Gasteiger partial charge in [0.1, 0.15) is 0 Å². The summed E-state index contributed by atoms with van der Waals surface area (Å²) in [4.78, 5) is 12.1. The zero-order valence-corrected chi connectivity index (χ0v) is 13.9. The van der Waals surface area contributed by atoms with Gasteiger partial charge >= 0.3 is 0 Å². The van der Waals surface area contributed by atoms with Gasteiger partial charge in [0.15, 0.2) is 0 Å². The number of hydrogen-bond donors (Lipinski definition) is 1. The van der Waals surface area contributed by atoms with Crippen LogP contribution in [0, 0.1) is 5.92 Å². The molecule has 0 aliphatic heterocycles. The summed E-state index contributed by atoms with van der Waals surface area (Å²) >= 11 is 3.45. The van der Waals surface area contributed by atoms with Crippen LogP contribution in [-0.2, 0) is 4.74 Å². The lowest BCUT2D eigenvalue weighted by Gasteiger charge is -2.08. The second-order valence-electron chi connectivity index (χ2n) is 5.43. The molecule has 0 spiro atoms. The van der Waals surface area contributed by atoms with Gasteiger partial charge in [-0.1, -0.05) is 41.9 Å². The Hall–Kier alpha value is -1.39. The van der Waals surface area contributed by atoms with Gasteiger partial charge < -0.3 is 10.1 Å². The smallest absolute Gasteiger partial charge is 0.251 e. The van der Waals surface area contributed by atoms with E-state index in [-0.39, 0.29) is 5.91 Å². The molecule has 1 N–H and O–H groups in total. The molecule has 2 rings (SSSR count). The van der Waals surface area contributed by atoms with Gasteiger partial charge in [0.25, 0.3) is 5.91 Å². The molecule has 0 heterocycles. The number of rotatable bonds is 6. The first-order valence-electron chi connectivity index (χ1n) is 7.11. The Morgan fingerprint density at radius 3 is 2.67 bits per heavy atom. The summed E-state index contributed by atoms with van der Waals surface area (Å²) < 4.78 is 6.48. The maximum atomic E-state index is 12.1. The Labute approximate surface area is 133 Å². The number of halogens is 1. The summed E-state index contributed by atoms with van der Waals surface area (Å²) in [5.41, 5.74) is 0.675. The lowest BCUT2D eigenvalue weighted by molar-refractivity contribution is 0.0886. The van der Waals surface area contributed by atoms with Crippen molar-refractivity contribution in [2.45, 2.75) is 13.8 Å². The highest BCUT2D eigenvalue weighted by molar-refractivity contribution is 9.10. The molecule has 3 nitrogen and oxygen atoms in total. The number of amides is 1. The van der Waals surface area contributed by atoms with Gasteiger partial charge in [0, 0.05) is 23.2 Å². The first kappa shape index (κ1) is 16.0. The summed E-state index contributed by atoms with van der Waals surface area (Å²) in [6, 6.07) is 11.7. The van der Waals surface area contributed by atoms with Crippen LogP contribution >= 0.6 is 15.9 Å². The van der Waals surface area contributed by atoms with Gasteiger partial charge in [0.2, 0.25) is 0 Å². The van der Waals surface area contributed by atoms with Crippen LogP contribution in [0.3, 0.4) is 0 Å². The number of carbonyl (C=O) groups is 1. The summed E-state index contributed by atoms with van der Waals surface area (Å²) in [6.45, 7) is 6.01. The third-order valence-corrected chi connectivity index (χ3v) is 3.54. The average Bonchev–Trinajstić information content (AvgIpc) is 2.45. The van der Waals surface area contributed by atoms with E-state index in [0.29, 0.717) is 24.6 Å². The Kier molecular flexibility index (Phi) is 5.76. The Morgan fingerprint density at radius 1 is 1.19 bits per heavy atom. The molecule has 112 valence electrons. The SMILES string of the molecule is CC(C)COCCNC(=O)c1ccc2cc(Br)ccc2c1. The second kappa shape index (κ2) is 7.57. The van der Waals surface area contributed by atoms with Gasteiger partial charge in [-0.3, -0.25) is 4.79 Å². The van der Waals surface area contributed by atoms with Crippen molar-refractivity contribution in [2.75, 3.05) is 19.8 Å². The van der Waals surface area contributed by atoms with Crippen LogP contribution < -0.4 is 5.32 Å². The van der Waals surface area contributed by atoms with Crippen LogP contribution in [0.5, 0.6) is 0 Å². The minimum absolute atomic E-state index is 0.0621. The topological polar surface area (TPSA) is 38.3 Å². The monoisotopic (exact) mass is 349 g/mol. The molecule has 0 bridgehead atoms. The standard InChI is InChI=1S/C17H20BrNO2/c1-12(2)11-21-8-7-19-17(20)15-4-3-14-10-16(18)6-5-13(14)9-15/h3-6,9-10,12H,7-8,11H2,1-2H3,(H,19,20). The number of nitrogens with one attached hydrogen (secondary N) is 1. The van der Waals surface area contributed by atoms with Crippen LogP contribution in [0.2, 0.25) is 0 Å². The first-order chi connectivity index (χ1) is 10.1. The summed E-state index contributed by atoms with van der Waals surface area (Å²) in [5.74, 6) is 0.452. The van der Waals surface area contributed by atoms with E-state index in [1.165, 1.54) is 0 Å². The molecule has 0 saturated heterocycles. The molecule has 4 heteroatoms. The minimum atomic E-state index is -0.0621. The highest BCUT2D eigenvalue weighted by Gasteiger charge is 2.06. The van der Waals surface area contributed by atoms with E-state index in [1.54, 1.807) is 0 Å². The second-order valence-corrected chi connectivity index (χ2v) is 6.35. The van der Waals surface area contributed by atoms with Crippen molar-refractivity contribution in [2.24, 2.45) is 5.92 Å². The molecule has 1 amide bonds. The highest BCUT2D eigenvalue weighted by atomic mass is 79.9. The van der Waals surface area contributed by atoms with Gasteiger partial charge in [-0.15, -0.1) is 0 Å². The highest BCUT2D eigenvalue weighted by Crippen LogP contribution is 2.20. The van der Waals surface area contributed by atoms with Crippen molar-refractivity contribution < 1.29 is 9.53 Å². The summed E-state index contributed by atoms with van der Waals surface area (Å²) in [6.07, 6.45) is 0. The zero-order valence-electron chi connectivity index (χ0n) is 12.4. The molecule has 0 aromatic heterocycles.